The van der Waals surface area contributed by atoms with Gasteiger partial charge in [0.25, 0.3) is 12.0 Å². The molecular weight excluding hydrogens is 523 g/mol. The minimum Gasteiger partial charge on any atom is -0.382 e. The number of carbonyl (C=O) groups is 1. The van der Waals surface area contributed by atoms with Crippen LogP contribution in [0.1, 0.15) is 46.9 Å². The zero-order valence-electron chi connectivity index (χ0n) is 21.6. The Bertz CT molecular complexity index is 1720. The van der Waals surface area contributed by atoms with Crippen LogP contribution >= 0.6 is 0 Å². The summed E-state index contributed by atoms with van der Waals surface area (Å²) in [6.07, 6.45) is 3.51. The summed E-state index contributed by atoms with van der Waals surface area (Å²) in [6, 6.07) is 5.96. The smallest absolute Gasteiger partial charge is 0.269 e. The molecule has 3 aliphatic heterocycles. The van der Waals surface area contributed by atoms with Gasteiger partial charge in [-0.25, -0.2) is 19.3 Å². The summed E-state index contributed by atoms with van der Waals surface area (Å²) >= 11 is 0. The number of amides is 1. The molecule has 3 aromatic heterocycles. The van der Waals surface area contributed by atoms with Gasteiger partial charge < -0.3 is 20.3 Å². The van der Waals surface area contributed by atoms with Crippen LogP contribution in [-0.4, -0.2) is 56.4 Å². The van der Waals surface area contributed by atoms with E-state index in [-0.39, 0.29) is 42.1 Å². The summed E-state index contributed by atoms with van der Waals surface area (Å²) in [5.74, 6) is -0.447. The monoisotopic (exact) mass is 549 g/mol. The lowest BCUT2D eigenvalue weighted by atomic mass is 9.76. The van der Waals surface area contributed by atoms with Crippen LogP contribution in [-0.2, 0) is 11.3 Å². The van der Waals surface area contributed by atoms with E-state index < -0.39 is 23.8 Å². The Hall–Kier alpha value is -4.19. The van der Waals surface area contributed by atoms with Gasteiger partial charge in [-0.3, -0.25) is 9.20 Å². The lowest BCUT2D eigenvalue weighted by Crippen LogP contribution is -2.50. The van der Waals surface area contributed by atoms with E-state index in [4.69, 9.17) is 15.5 Å². The van der Waals surface area contributed by atoms with Crippen LogP contribution in [0.15, 0.2) is 48.4 Å². The number of halogens is 3. The van der Waals surface area contributed by atoms with Crippen molar-refractivity contribution in [1.29, 1.82) is 0 Å². The largest absolute Gasteiger partial charge is 0.382 e. The van der Waals surface area contributed by atoms with E-state index in [1.165, 1.54) is 17.0 Å². The number of piperidine rings is 2. The Balaban J connectivity index is 1.18. The van der Waals surface area contributed by atoms with E-state index >= 15 is 4.39 Å². The molecule has 9 nitrogen and oxygen atoms in total. The van der Waals surface area contributed by atoms with Gasteiger partial charge in [0.15, 0.2) is 0 Å². The fourth-order valence-electron chi connectivity index (χ4n) is 6.41. The second-order valence-electron chi connectivity index (χ2n) is 10.7. The van der Waals surface area contributed by atoms with E-state index in [0.29, 0.717) is 35.2 Å². The van der Waals surface area contributed by atoms with Crippen molar-refractivity contribution >= 4 is 34.1 Å². The first-order valence-corrected chi connectivity index (χ1v) is 13.2. The number of carbonyl (C=O) groups excluding carboxylic acids is 1. The number of likely N-dealkylation sites (N-methyl/N-ethyl adjacent to an activating group) is 1. The molecule has 3 fully saturated rings. The van der Waals surface area contributed by atoms with Gasteiger partial charge in [-0.05, 0) is 31.4 Å². The fraction of sp³-hybridized carbons (Fsp3) is 0.357. The molecule has 4 aromatic rings. The third kappa shape index (κ3) is 3.80. The number of fused-ring (bicyclic) bond motifs is 7. The van der Waals surface area contributed by atoms with E-state index in [9.17, 15) is 13.6 Å². The molecule has 2 N–H and O–H groups in total. The van der Waals surface area contributed by atoms with E-state index in [1.807, 2.05) is 12.1 Å². The number of nitrogens with zero attached hydrogens (tertiary/aromatic N) is 6. The van der Waals surface area contributed by atoms with E-state index in [2.05, 4.69) is 14.9 Å². The van der Waals surface area contributed by atoms with Crippen molar-refractivity contribution in [1.82, 2.24) is 24.3 Å². The van der Waals surface area contributed by atoms with Crippen LogP contribution < -0.4 is 10.6 Å². The number of anilines is 2. The van der Waals surface area contributed by atoms with Crippen LogP contribution in [0, 0.1) is 11.7 Å². The second-order valence-corrected chi connectivity index (χ2v) is 10.7. The molecule has 1 aliphatic carbocycles. The Morgan fingerprint density at radius 1 is 1.18 bits per heavy atom. The van der Waals surface area contributed by atoms with Gasteiger partial charge in [0, 0.05) is 42.8 Å². The summed E-state index contributed by atoms with van der Waals surface area (Å²) in [5, 5.41) is 0. The molecule has 4 aliphatic rings. The Kier molecular flexibility index (Phi) is 5.70. The lowest BCUT2D eigenvalue weighted by molar-refractivity contribution is 0.0328. The number of rotatable bonds is 3. The average Bonchev–Trinajstić information content (AvgIpc) is 3.47. The SMILES string of the molecule is CN(C(=O)c1cc2c(cc1F)nc(N)c1cncn12)C1COCc2nc(N3C[C@H]4CCC3CC4=C(F)F)ccc21. The molecule has 1 amide bonds. The first-order chi connectivity index (χ1) is 19.3. The normalized spacial score (nSPS) is 22.1. The highest BCUT2D eigenvalue weighted by atomic mass is 19.3. The molecule has 2 saturated heterocycles. The van der Waals surface area contributed by atoms with E-state index in [1.54, 1.807) is 24.0 Å². The third-order valence-corrected chi connectivity index (χ3v) is 8.54. The molecule has 6 heterocycles. The molecule has 2 unspecified atom stereocenters. The van der Waals surface area contributed by atoms with Gasteiger partial charge in [-0.15, -0.1) is 0 Å². The van der Waals surface area contributed by atoms with Crippen LogP contribution in [0.25, 0.3) is 16.6 Å². The van der Waals surface area contributed by atoms with Crippen LogP contribution in [0.4, 0.5) is 24.8 Å². The van der Waals surface area contributed by atoms with Gasteiger partial charge in [0.1, 0.15) is 23.0 Å². The molecule has 1 aromatic carbocycles. The molecule has 1 saturated carbocycles. The number of aromatic nitrogens is 4. The number of nitrogen functional groups attached to an aromatic ring is 1. The van der Waals surface area contributed by atoms with Crippen LogP contribution in [0.5, 0.6) is 0 Å². The highest BCUT2D eigenvalue weighted by Crippen LogP contribution is 2.43. The fourth-order valence-corrected chi connectivity index (χ4v) is 6.41. The third-order valence-electron chi connectivity index (χ3n) is 8.54. The molecule has 2 bridgehead atoms. The highest BCUT2D eigenvalue weighted by molar-refractivity contribution is 5.98. The molecule has 0 spiro atoms. The Morgan fingerprint density at radius 3 is 2.80 bits per heavy atom. The predicted molar refractivity (Wildman–Crippen MR) is 141 cm³/mol. The van der Waals surface area contributed by atoms with Gasteiger partial charge in [-0.1, -0.05) is 6.07 Å². The average molecular weight is 550 g/mol. The first kappa shape index (κ1) is 24.8. The van der Waals surface area contributed by atoms with Crippen LogP contribution in [0.3, 0.4) is 0 Å². The molecule has 206 valence electrons. The van der Waals surface area contributed by atoms with Crippen molar-refractivity contribution in [2.75, 3.05) is 30.8 Å². The van der Waals surface area contributed by atoms with Gasteiger partial charge in [0.2, 0.25) is 0 Å². The van der Waals surface area contributed by atoms with E-state index in [0.717, 1.165) is 24.2 Å². The van der Waals surface area contributed by atoms with Crippen LogP contribution in [0.2, 0.25) is 0 Å². The maximum atomic E-state index is 15.2. The predicted octanol–water partition coefficient (Wildman–Crippen LogP) is 4.48. The zero-order valence-corrected chi connectivity index (χ0v) is 21.6. The standard InChI is InChI=1S/C28H26F3N7O2/c1-36(28(39)18-7-22-20(8-19(18)29)35-27(32)23-9-33-13-38(22)23)24-12-40-11-21-16(24)4-5-25(34-21)37-10-14-2-3-15(37)6-17(14)26(30)31/h4-5,7-9,13-15,24H,2-3,6,10-12H2,1H3,(H2,32,35)/t14-,15?,24?/m1/s1. The molecule has 40 heavy (non-hydrogen) atoms. The summed E-state index contributed by atoms with van der Waals surface area (Å²) in [6.45, 7) is 1.01. The summed E-state index contributed by atoms with van der Waals surface area (Å²) in [5.41, 5.74) is 9.02. The Morgan fingerprint density at radius 2 is 2.02 bits per heavy atom. The zero-order chi connectivity index (χ0) is 27.7. The number of pyridine rings is 1. The second kappa shape index (κ2) is 9.19. The highest BCUT2D eigenvalue weighted by Gasteiger charge is 2.40. The topological polar surface area (TPSA) is 102 Å². The van der Waals surface area contributed by atoms with Gasteiger partial charge in [0.05, 0.1) is 54.1 Å². The van der Waals surface area contributed by atoms with Crippen molar-refractivity contribution in [2.24, 2.45) is 5.92 Å². The molecular formula is C28H26F3N7O2. The minimum atomic E-state index is -1.55. The number of ether oxygens (including phenoxy) is 1. The molecule has 0 radical (unpaired) electrons. The number of hydrogen-bond donors (Lipinski definition) is 1. The molecule has 3 atom stereocenters. The quantitative estimate of drug-likeness (QED) is 0.402. The van der Waals surface area contributed by atoms with Crippen molar-refractivity contribution in [2.45, 2.75) is 38.0 Å². The van der Waals surface area contributed by atoms with Gasteiger partial charge >= 0.3 is 0 Å². The summed E-state index contributed by atoms with van der Waals surface area (Å²) in [7, 11) is 1.61. The number of benzene rings is 1. The van der Waals surface area contributed by atoms with Gasteiger partial charge in [-0.2, -0.15) is 8.78 Å². The summed E-state index contributed by atoms with van der Waals surface area (Å²) < 4.78 is 49.4. The number of hydrogen-bond acceptors (Lipinski definition) is 7. The van der Waals surface area contributed by atoms with Crippen molar-refractivity contribution < 1.29 is 22.7 Å². The van der Waals surface area contributed by atoms with Crippen molar-refractivity contribution in [3.05, 3.63) is 71.1 Å². The maximum absolute atomic E-state index is 15.2. The lowest BCUT2D eigenvalue weighted by Gasteiger charge is -2.47. The van der Waals surface area contributed by atoms with Crippen molar-refractivity contribution in [3.63, 3.8) is 0 Å². The number of nitrogens with two attached hydrogens (primary N) is 1. The minimum absolute atomic E-state index is 0.0145. The maximum Gasteiger partial charge on any atom is 0.269 e. The van der Waals surface area contributed by atoms with Crippen molar-refractivity contribution in [3.8, 4) is 0 Å². The summed E-state index contributed by atoms with van der Waals surface area (Å²) in [4.78, 5) is 30.4. The first-order valence-electron chi connectivity index (χ1n) is 13.2. The molecule has 8 rings (SSSR count). The Labute approximate surface area is 227 Å². The molecule has 12 heteroatoms. The number of imidazole rings is 1.